The third-order valence-electron chi connectivity index (χ3n) is 4.84. The smallest absolute Gasteiger partial charge is 0.260 e. The third-order valence-corrected chi connectivity index (χ3v) is 5.97. The Morgan fingerprint density at radius 2 is 2.32 bits per heavy atom. The second kappa shape index (κ2) is 7.72. The van der Waals surface area contributed by atoms with Gasteiger partial charge in [-0.25, -0.2) is 4.98 Å². The fourth-order valence-corrected chi connectivity index (χ4v) is 4.54. The number of ether oxygens (including phenoxy) is 1. The Hall–Kier alpha value is -2.72. The Morgan fingerprint density at radius 1 is 1.46 bits per heavy atom. The molecule has 9 nitrogen and oxygen atoms in total. The lowest BCUT2D eigenvalue weighted by atomic mass is 9.98. The number of thiophene rings is 1. The molecule has 1 aliphatic rings. The van der Waals surface area contributed by atoms with Crippen molar-refractivity contribution in [3.63, 3.8) is 0 Å². The molecular weight excluding hydrogens is 380 g/mol. The summed E-state index contributed by atoms with van der Waals surface area (Å²) in [5.74, 6) is 0.878. The van der Waals surface area contributed by atoms with Gasteiger partial charge in [0.2, 0.25) is 11.8 Å². The zero-order valence-corrected chi connectivity index (χ0v) is 16.4. The minimum Gasteiger partial charge on any atom is -0.423 e. The Balaban J connectivity index is 1.47. The Bertz CT molecular complexity index is 1000. The lowest BCUT2D eigenvalue weighted by Gasteiger charge is -2.34. The van der Waals surface area contributed by atoms with Crippen LogP contribution in [-0.2, 0) is 11.3 Å². The first kappa shape index (κ1) is 18.6. The Morgan fingerprint density at radius 3 is 3.07 bits per heavy atom. The van der Waals surface area contributed by atoms with Crippen molar-refractivity contribution in [3.8, 4) is 0 Å². The van der Waals surface area contributed by atoms with E-state index < -0.39 is 5.91 Å². The van der Waals surface area contributed by atoms with Gasteiger partial charge in [-0.05, 0) is 24.8 Å². The molecule has 1 fully saturated rings. The molecule has 3 aromatic rings. The van der Waals surface area contributed by atoms with Crippen molar-refractivity contribution >= 4 is 38.8 Å². The maximum atomic E-state index is 11.6. The van der Waals surface area contributed by atoms with Crippen LogP contribution in [0, 0.1) is 12.8 Å². The number of amides is 1. The largest absolute Gasteiger partial charge is 0.423 e. The summed E-state index contributed by atoms with van der Waals surface area (Å²) in [5.41, 5.74) is 13.1. The summed E-state index contributed by atoms with van der Waals surface area (Å²) in [5, 5.41) is 8.55. The molecule has 3 aromatic heterocycles. The summed E-state index contributed by atoms with van der Waals surface area (Å²) in [7, 11) is 0. The van der Waals surface area contributed by atoms with E-state index in [1.807, 2.05) is 6.07 Å². The fourth-order valence-electron chi connectivity index (χ4n) is 3.60. The van der Waals surface area contributed by atoms with Crippen molar-refractivity contribution in [2.75, 3.05) is 30.3 Å². The van der Waals surface area contributed by atoms with Gasteiger partial charge in [0.1, 0.15) is 16.3 Å². The Kier molecular flexibility index (Phi) is 5.14. The number of carbonyl (C=O) groups excluding carboxylic acids is 1. The van der Waals surface area contributed by atoms with Gasteiger partial charge in [0, 0.05) is 26.2 Å². The second-order valence-electron chi connectivity index (χ2n) is 6.90. The molecule has 1 saturated heterocycles. The molecule has 4 heterocycles. The number of rotatable bonds is 6. The monoisotopic (exact) mass is 402 g/mol. The number of nitrogen functional groups attached to an aromatic ring is 1. The standard InChI is InChI=1S/C18H22N6O3S/c1-10-22-23-13(27-10)9-26-8-11-3-2-6-24(7-11)12-4-5-21-18-14(12)15(19)16(28-18)17(20)25/h4-5,11H,2-3,6-9,19H2,1H3,(H2,20,25)/t11-/m0/s1. The van der Waals surface area contributed by atoms with E-state index in [1.54, 1.807) is 13.1 Å². The molecule has 1 amide bonds. The highest BCUT2D eigenvalue weighted by molar-refractivity contribution is 7.21. The van der Waals surface area contributed by atoms with Crippen molar-refractivity contribution in [2.45, 2.75) is 26.4 Å². The average molecular weight is 402 g/mol. The molecule has 1 aliphatic heterocycles. The predicted octanol–water partition coefficient (Wildman–Crippen LogP) is 2.10. The van der Waals surface area contributed by atoms with Crippen LogP contribution in [0.2, 0.25) is 0 Å². The van der Waals surface area contributed by atoms with Crippen LogP contribution in [0.15, 0.2) is 16.7 Å². The third kappa shape index (κ3) is 3.65. The number of nitrogens with two attached hydrogens (primary N) is 2. The molecule has 4 rings (SSSR count). The summed E-state index contributed by atoms with van der Waals surface area (Å²) in [6.07, 6.45) is 3.87. The summed E-state index contributed by atoms with van der Waals surface area (Å²) >= 11 is 1.24. The Labute approximate surface area is 165 Å². The highest BCUT2D eigenvalue weighted by atomic mass is 32.1. The topological polar surface area (TPSA) is 133 Å². The number of aromatic nitrogens is 3. The van der Waals surface area contributed by atoms with Gasteiger partial charge in [0.25, 0.3) is 5.91 Å². The van der Waals surface area contributed by atoms with Gasteiger partial charge in [-0.15, -0.1) is 21.5 Å². The molecule has 10 heteroatoms. The van der Waals surface area contributed by atoms with E-state index in [1.165, 1.54) is 11.3 Å². The molecule has 0 bridgehead atoms. The maximum absolute atomic E-state index is 11.6. The van der Waals surface area contributed by atoms with E-state index in [4.69, 9.17) is 20.6 Å². The first-order valence-electron chi connectivity index (χ1n) is 9.11. The van der Waals surface area contributed by atoms with E-state index in [2.05, 4.69) is 20.1 Å². The molecule has 0 aliphatic carbocycles. The lowest BCUT2D eigenvalue weighted by Crippen LogP contribution is -2.37. The van der Waals surface area contributed by atoms with Gasteiger partial charge in [0.05, 0.1) is 23.4 Å². The molecule has 0 saturated carbocycles. The number of aryl methyl sites for hydroxylation is 1. The molecule has 0 unspecified atom stereocenters. The van der Waals surface area contributed by atoms with Gasteiger partial charge < -0.3 is 25.5 Å². The molecule has 0 spiro atoms. The highest BCUT2D eigenvalue weighted by Gasteiger charge is 2.25. The summed E-state index contributed by atoms with van der Waals surface area (Å²) < 4.78 is 11.1. The van der Waals surface area contributed by atoms with E-state index in [0.29, 0.717) is 41.5 Å². The quantitative estimate of drug-likeness (QED) is 0.640. The SMILES string of the molecule is Cc1nnc(COC[C@H]2CCCN(c3ccnc4sc(C(N)=O)c(N)c34)C2)o1. The number of pyridine rings is 1. The van der Waals surface area contributed by atoms with Gasteiger partial charge >= 0.3 is 0 Å². The molecule has 148 valence electrons. The number of carbonyl (C=O) groups is 1. The fraction of sp³-hybridized carbons (Fsp3) is 0.444. The number of anilines is 2. The molecule has 0 aromatic carbocycles. The number of hydrogen-bond donors (Lipinski definition) is 2. The van der Waals surface area contributed by atoms with E-state index in [-0.39, 0.29) is 0 Å². The van der Waals surface area contributed by atoms with E-state index in [9.17, 15) is 4.79 Å². The van der Waals surface area contributed by atoms with Crippen molar-refractivity contribution in [1.29, 1.82) is 0 Å². The summed E-state index contributed by atoms with van der Waals surface area (Å²) in [4.78, 5) is 19.4. The maximum Gasteiger partial charge on any atom is 0.260 e. The van der Waals surface area contributed by atoms with Crippen molar-refractivity contribution in [2.24, 2.45) is 11.7 Å². The van der Waals surface area contributed by atoms with Crippen molar-refractivity contribution in [3.05, 3.63) is 28.9 Å². The molecule has 0 radical (unpaired) electrons. The lowest BCUT2D eigenvalue weighted by molar-refractivity contribution is 0.0676. The van der Waals surface area contributed by atoms with Crippen LogP contribution in [0.4, 0.5) is 11.4 Å². The zero-order valence-electron chi connectivity index (χ0n) is 15.6. The van der Waals surface area contributed by atoms with E-state index >= 15 is 0 Å². The summed E-state index contributed by atoms with van der Waals surface area (Å²) in [6, 6.07) is 1.95. The zero-order chi connectivity index (χ0) is 19.7. The van der Waals surface area contributed by atoms with Crippen LogP contribution in [0.3, 0.4) is 0 Å². The van der Waals surface area contributed by atoms with Crippen LogP contribution >= 0.6 is 11.3 Å². The number of primary amides is 1. The average Bonchev–Trinajstić information content (AvgIpc) is 3.25. The number of nitrogens with zero attached hydrogens (tertiary/aromatic N) is 4. The van der Waals surface area contributed by atoms with Crippen LogP contribution in [-0.4, -0.2) is 40.8 Å². The highest BCUT2D eigenvalue weighted by Crippen LogP contribution is 2.39. The molecule has 4 N–H and O–H groups in total. The van der Waals surface area contributed by atoms with Crippen LogP contribution in [0.25, 0.3) is 10.2 Å². The predicted molar refractivity (Wildman–Crippen MR) is 106 cm³/mol. The second-order valence-corrected chi connectivity index (χ2v) is 7.90. The number of fused-ring (bicyclic) bond motifs is 1. The minimum absolute atomic E-state index is 0.316. The van der Waals surface area contributed by atoms with Gasteiger partial charge in [-0.1, -0.05) is 0 Å². The van der Waals surface area contributed by atoms with Crippen LogP contribution in [0.5, 0.6) is 0 Å². The van der Waals surface area contributed by atoms with Crippen LogP contribution in [0.1, 0.15) is 34.3 Å². The molecule has 1 atom stereocenters. The van der Waals surface area contributed by atoms with Crippen molar-refractivity contribution < 1.29 is 13.9 Å². The molecule has 28 heavy (non-hydrogen) atoms. The van der Waals surface area contributed by atoms with Crippen molar-refractivity contribution in [1.82, 2.24) is 15.2 Å². The normalized spacial score (nSPS) is 17.3. The number of hydrogen-bond acceptors (Lipinski definition) is 9. The van der Waals surface area contributed by atoms with Gasteiger partial charge in [-0.2, -0.15) is 0 Å². The van der Waals surface area contributed by atoms with Gasteiger partial charge in [-0.3, -0.25) is 4.79 Å². The van der Waals surface area contributed by atoms with Crippen LogP contribution < -0.4 is 16.4 Å². The summed E-state index contributed by atoms with van der Waals surface area (Å²) in [6.45, 7) is 4.43. The molecular formula is C18H22N6O3S. The number of piperidine rings is 1. The van der Waals surface area contributed by atoms with E-state index in [0.717, 1.165) is 41.8 Å². The minimum atomic E-state index is -0.521. The van der Waals surface area contributed by atoms with Gasteiger partial charge in [0.15, 0.2) is 0 Å². The first-order chi connectivity index (χ1) is 13.5. The first-order valence-corrected chi connectivity index (χ1v) is 9.93.